The van der Waals surface area contributed by atoms with Crippen LogP contribution in [0.25, 0.3) is 0 Å². The lowest BCUT2D eigenvalue weighted by molar-refractivity contribution is -0.0245. The van der Waals surface area contributed by atoms with E-state index in [-0.39, 0.29) is 24.6 Å². The van der Waals surface area contributed by atoms with Crippen LogP contribution in [0.2, 0.25) is 0 Å². The van der Waals surface area contributed by atoms with Crippen LogP contribution >= 0.6 is 0 Å². The van der Waals surface area contributed by atoms with E-state index in [1.807, 2.05) is 0 Å². The van der Waals surface area contributed by atoms with Gasteiger partial charge in [0.2, 0.25) is 0 Å². The molecule has 1 aromatic heterocycles. The number of hydrogen-bond donors (Lipinski definition) is 1. The monoisotopic (exact) mass is 196 g/mol. The molecule has 1 aromatic rings. The Hall–Kier alpha value is -1.20. The van der Waals surface area contributed by atoms with E-state index < -0.39 is 0 Å². The Bertz CT molecular complexity index is 363. The van der Waals surface area contributed by atoms with Crippen molar-refractivity contribution >= 4 is 0 Å². The van der Waals surface area contributed by atoms with Crippen LogP contribution < -0.4 is 5.69 Å². The number of hydrogen-bond acceptors (Lipinski definition) is 4. The van der Waals surface area contributed by atoms with E-state index in [0.717, 1.165) is 12.8 Å². The summed E-state index contributed by atoms with van der Waals surface area (Å²) in [6, 6.07) is 1.69. The topological polar surface area (TPSA) is 64.4 Å². The molecule has 5 nitrogen and oxygen atoms in total. The predicted octanol–water partition coefficient (Wildman–Crippen LogP) is -0.0868. The number of aromatic nitrogens is 2. The molecular weight excluding hydrogens is 184 g/mol. The fraction of sp³-hybridized carbons (Fsp3) is 0.556. The summed E-state index contributed by atoms with van der Waals surface area (Å²) >= 11 is 0. The van der Waals surface area contributed by atoms with Gasteiger partial charge < -0.3 is 9.84 Å². The molecule has 5 heteroatoms. The van der Waals surface area contributed by atoms with E-state index in [0.29, 0.717) is 0 Å². The fourth-order valence-electron chi connectivity index (χ4n) is 1.61. The van der Waals surface area contributed by atoms with E-state index in [1.165, 1.54) is 10.8 Å². The van der Waals surface area contributed by atoms with Crippen molar-refractivity contribution in [3.8, 4) is 0 Å². The van der Waals surface area contributed by atoms with Crippen LogP contribution in [-0.4, -0.2) is 27.4 Å². The van der Waals surface area contributed by atoms with Crippen molar-refractivity contribution in [2.24, 2.45) is 0 Å². The summed E-state index contributed by atoms with van der Waals surface area (Å²) in [4.78, 5) is 15.0. The molecule has 1 fully saturated rings. The summed E-state index contributed by atoms with van der Waals surface area (Å²) in [5.41, 5.74) is -0.309. The average molecular weight is 196 g/mol. The molecule has 14 heavy (non-hydrogen) atoms. The van der Waals surface area contributed by atoms with Crippen LogP contribution in [-0.2, 0) is 4.74 Å². The van der Waals surface area contributed by atoms with Gasteiger partial charge in [0.15, 0.2) is 0 Å². The Labute approximate surface area is 81.0 Å². The molecule has 0 saturated carbocycles. The summed E-state index contributed by atoms with van der Waals surface area (Å²) < 4.78 is 6.90. The summed E-state index contributed by atoms with van der Waals surface area (Å²) in [5, 5.41) is 8.87. The minimum Gasteiger partial charge on any atom is -0.394 e. The minimum absolute atomic E-state index is 0.00547. The molecule has 1 aliphatic heterocycles. The fourth-order valence-corrected chi connectivity index (χ4v) is 1.61. The van der Waals surface area contributed by atoms with Crippen molar-refractivity contribution in [3.63, 3.8) is 0 Å². The maximum atomic E-state index is 11.3. The van der Waals surface area contributed by atoms with Gasteiger partial charge in [0.05, 0.1) is 12.7 Å². The van der Waals surface area contributed by atoms with E-state index in [9.17, 15) is 4.79 Å². The Morgan fingerprint density at radius 2 is 2.50 bits per heavy atom. The van der Waals surface area contributed by atoms with Crippen LogP contribution in [0, 0.1) is 0 Å². The van der Waals surface area contributed by atoms with E-state index >= 15 is 0 Å². The number of nitrogens with zero attached hydrogens (tertiary/aromatic N) is 2. The van der Waals surface area contributed by atoms with Crippen LogP contribution in [0.3, 0.4) is 0 Å². The molecule has 0 radical (unpaired) electrons. The van der Waals surface area contributed by atoms with Crippen LogP contribution in [0.1, 0.15) is 19.1 Å². The molecule has 0 bridgehead atoms. The first-order valence-corrected chi connectivity index (χ1v) is 4.60. The molecule has 1 aliphatic rings. The highest BCUT2D eigenvalue weighted by atomic mass is 16.5. The second-order valence-electron chi connectivity index (χ2n) is 3.28. The molecule has 0 spiro atoms. The van der Waals surface area contributed by atoms with Gasteiger partial charge in [-0.25, -0.2) is 9.78 Å². The molecule has 2 atom stereocenters. The van der Waals surface area contributed by atoms with Gasteiger partial charge >= 0.3 is 5.69 Å². The molecule has 0 aromatic carbocycles. The SMILES string of the molecule is O=c1ncccn1C1CC[C@@H](CO)O1. The second-order valence-corrected chi connectivity index (χ2v) is 3.28. The van der Waals surface area contributed by atoms with E-state index in [2.05, 4.69) is 4.98 Å². The summed E-state index contributed by atoms with van der Waals surface area (Å²) in [5.74, 6) is 0. The summed E-state index contributed by atoms with van der Waals surface area (Å²) in [6.45, 7) is 0.00547. The largest absolute Gasteiger partial charge is 0.394 e. The smallest absolute Gasteiger partial charge is 0.349 e. The highest BCUT2D eigenvalue weighted by molar-refractivity contribution is 4.84. The molecule has 0 amide bonds. The zero-order valence-electron chi connectivity index (χ0n) is 7.67. The number of aliphatic hydroxyl groups is 1. The van der Waals surface area contributed by atoms with Crippen molar-refractivity contribution < 1.29 is 9.84 Å². The van der Waals surface area contributed by atoms with Crippen molar-refractivity contribution in [1.82, 2.24) is 9.55 Å². The number of aliphatic hydroxyl groups excluding tert-OH is 1. The zero-order chi connectivity index (χ0) is 9.97. The van der Waals surface area contributed by atoms with Crippen LogP contribution in [0.5, 0.6) is 0 Å². The zero-order valence-corrected chi connectivity index (χ0v) is 7.67. The molecule has 1 unspecified atom stereocenters. The summed E-state index contributed by atoms with van der Waals surface area (Å²) in [6.07, 6.45) is 4.22. The number of ether oxygens (including phenoxy) is 1. The van der Waals surface area contributed by atoms with Crippen molar-refractivity contribution in [2.45, 2.75) is 25.2 Å². The second kappa shape index (κ2) is 3.89. The first-order chi connectivity index (χ1) is 6.81. The van der Waals surface area contributed by atoms with Gasteiger partial charge in [-0.1, -0.05) is 0 Å². The standard InChI is InChI=1S/C9H12N2O3/c12-6-7-2-3-8(14-7)11-5-1-4-10-9(11)13/h1,4-5,7-8,12H,2-3,6H2/t7-,8?/m0/s1. The quantitative estimate of drug-likeness (QED) is 0.718. The van der Waals surface area contributed by atoms with Gasteiger partial charge in [-0.2, -0.15) is 0 Å². The lowest BCUT2D eigenvalue weighted by Crippen LogP contribution is -2.26. The molecule has 2 rings (SSSR count). The molecular formula is C9H12N2O3. The van der Waals surface area contributed by atoms with E-state index in [4.69, 9.17) is 9.84 Å². The van der Waals surface area contributed by atoms with Gasteiger partial charge in [0, 0.05) is 12.4 Å². The van der Waals surface area contributed by atoms with Crippen LogP contribution in [0.4, 0.5) is 0 Å². The maximum Gasteiger partial charge on any atom is 0.349 e. The Morgan fingerprint density at radius 3 is 3.14 bits per heavy atom. The van der Waals surface area contributed by atoms with Crippen LogP contribution in [0.15, 0.2) is 23.3 Å². The Balaban J connectivity index is 2.18. The van der Waals surface area contributed by atoms with E-state index in [1.54, 1.807) is 12.3 Å². The maximum absolute atomic E-state index is 11.3. The lowest BCUT2D eigenvalue weighted by atomic mass is 10.2. The minimum atomic E-state index is -0.309. The van der Waals surface area contributed by atoms with Crippen molar-refractivity contribution in [3.05, 3.63) is 28.9 Å². The van der Waals surface area contributed by atoms with Gasteiger partial charge in [0.1, 0.15) is 6.23 Å². The Morgan fingerprint density at radius 1 is 1.64 bits per heavy atom. The van der Waals surface area contributed by atoms with Crippen molar-refractivity contribution in [2.75, 3.05) is 6.61 Å². The van der Waals surface area contributed by atoms with Gasteiger partial charge in [-0.05, 0) is 18.9 Å². The molecule has 76 valence electrons. The average Bonchev–Trinajstić information content (AvgIpc) is 2.67. The first-order valence-electron chi connectivity index (χ1n) is 4.60. The molecule has 1 saturated heterocycles. The van der Waals surface area contributed by atoms with Gasteiger partial charge in [0.25, 0.3) is 0 Å². The number of rotatable bonds is 2. The third kappa shape index (κ3) is 1.69. The molecule has 0 aliphatic carbocycles. The Kier molecular flexibility index (Phi) is 2.60. The third-order valence-corrected chi connectivity index (χ3v) is 2.34. The normalized spacial score (nSPS) is 26.6. The first kappa shape index (κ1) is 9.36. The predicted molar refractivity (Wildman–Crippen MR) is 48.7 cm³/mol. The van der Waals surface area contributed by atoms with Gasteiger partial charge in [-0.15, -0.1) is 0 Å². The highest BCUT2D eigenvalue weighted by Gasteiger charge is 2.26. The molecule has 1 N–H and O–H groups in total. The summed E-state index contributed by atoms with van der Waals surface area (Å²) in [7, 11) is 0. The van der Waals surface area contributed by atoms with Gasteiger partial charge in [-0.3, -0.25) is 4.57 Å². The lowest BCUT2D eigenvalue weighted by Gasteiger charge is -2.13. The third-order valence-electron chi connectivity index (χ3n) is 2.34. The highest BCUT2D eigenvalue weighted by Crippen LogP contribution is 2.26. The molecule has 2 heterocycles. The van der Waals surface area contributed by atoms with Crippen molar-refractivity contribution in [1.29, 1.82) is 0 Å².